The minimum Gasteiger partial charge on any atom is -0.478 e. The first-order chi connectivity index (χ1) is 8.50. The normalized spacial score (nSPS) is 12.3. The topological polar surface area (TPSA) is 53.1 Å². The second-order valence-electron chi connectivity index (χ2n) is 4.46. The van der Waals surface area contributed by atoms with Gasteiger partial charge in [0.25, 0.3) is 0 Å². The summed E-state index contributed by atoms with van der Waals surface area (Å²) in [6.07, 6.45) is 2.83. The Bertz CT molecular complexity index is 626. The van der Waals surface area contributed by atoms with Crippen molar-refractivity contribution in [3.8, 4) is 0 Å². The molecule has 1 aromatic carbocycles. The van der Waals surface area contributed by atoms with E-state index in [0.717, 1.165) is 5.56 Å². The largest absolute Gasteiger partial charge is 0.478 e. The number of rotatable bonds is 3. The van der Waals surface area contributed by atoms with Gasteiger partial charge in [0.05, 0.1) is 5.52 Å². The van der Waals surface area contributed by atoms with Crippen LogP contribution in [-0.2, 0) is 4.79 Å². The zero-order chi connectivity index (χ0) is 13.3. The lowest BCUT2D eigenvalue weighted by atomic mass is 9.94. The highest BCUT2D eigenvalue weighted by atomic mass is 19.1. The summed E-state index contributed by atoms with van der Waals surface area (Å²) in [5, 5.41) is 9.60. The average Bonchev–Trinajstić information content (AvgIpc) is 2.70. The Balaban J connectivity index is 2.66. The zero-order valence-electron chi connectivity index (χ0n) is 10.2. The van der Waals surface area contributed by atoms with E-state index >= 15 is 0 Å². The Morgan fingerprint density at radius 2 is 2.17 bits per heavy atom. The Labute approximate surface area is 104 Å². The molecule has 0 radical (unpaired) electrons. The maximum absolute atomic E-state index is 13.6. The molecule has 0 unspecified atom stereocenters. The van der Waals surface area contributed by atoms with Gasteiger partial charge in [-0.3, -0.25) is 0 Å². The van der Waals surface area contributed by atoms with Crippen LogP contribution in [0.15, 0.2) is 30.5 Å². The Morgan fingerprint density at radius 1 is 1.44 bits per heavy atom. The van der Waals surface area contributed by atoms with Crippen LogP contribution in [-0.4, -0.2) is 16.1 Å². The molecule has 18 heavy (non-hydrogen) atoms. The quantitative estimate of drug-likeness (QED) is 0.816. The second-order valence-corrected chi connectivity index (χ2v) is 4.46. The van der Waals surface area contributed by atoms with Gasteiger partial charge in [0, 0.05) is 23.2 Å². The molecule has 4 heteroatoms. The summed E-state index contributed by atoms with van der Waals surface area (Å²) >= 11 is 0. The van der Waals surface area contributed by atoms with Gasteiger partial charge in [-0.25, -0.2) is 9.18 Å². The van der Waals surface area contributed by atoms with Crippen molar-refractivity contribution in [1.82, 2.24) is 4.98 Å². The second kappa shape index (κ2) is 4.64. The van der Waals surface area contributed by atoms with Gasteiger partial charge in [-0.15, -0.1) is 0 Å². The van der Waals surface area contributed by atoms with Crippen molar-refractivity contribution in [2.75, 3.05) is 0 Å². The van der Waals surface area contributed by atoms with Gasteiger partial charge in [-0.1, -0.05) is 26.0 Å². The summed E-state index contributed by atoms with van der Waals surface area (Å²) in [5.74, 6) is -1.29. The first kappa shape index (κ1) is 12.4. The fourth-order valence-corrected chi connectivity index (χ4v) is 2.04. The first-order valence-corrected chi connectivity index (χ1v) is 5.71. The summed E-state index contributed by atoms with van der Waals surface area (Å²) in [6, 6.07) is 4.77. The van der Waals surface area contributed by atoms with Crippen LogP contribution in [0, 0.1) is 11.7 Å². The van der Waals surface area contributed by atoms with Crippen molar-refractivity contribution in [1.29, 1.82) is 0 Å². The Hall–Kier alpha value is -2.10. The number of carboxylic acid groups (broad SMARTS) is 1. The molecule has 0 spiro atoms. The molecule has 1 aromatic heterocycles. The third-order valence-electron chi connectivity index (χ3n) is 2.88. The SMILES string of the molecule is CC(C)/C(=C/C(=O)O)c1c[nH]c2c(F)cccc12. The van der Waals surface area contributed by atoms with Gasteiger partial charge in [-0.2, -0.15) is 0 Å². The number of carboxylic acids is 1. The van der Waals surface area contributed by atoms with Crippen molar-refractivity contribution < 1.29 is 14.3 Å². The molecule has 0 saturated heterocycles. The molecular formula is C14H14FNO2. The molecule has 0 atom stereocenters. The number of carbonyl (C=O) groups is 1. The highest BCUT2D eigenvalue weighted by Gasteiger charge is 2.14. The Kier molecular flexibility index (Phi) is 3.19. The van der Waals surface area contributed by atoms with Crippen LogP contribution >= 0.6 is 0 Å². The molecule has 0 aliphatic rings. The first-order valence-electron chi connectivity index (χ1n) is 5.71. The molecule has 2 N–H and O–H groups in total. The number of aromatic amines is 1. The molecule has 0 aliphatic heterocycles. The smallest absolute Gasteiger partial charge is 0.328 e. The highest BCUT2D eigenvalue weighted by molar-refractivity contribution is 5.98. The minimum absolute atomic E-state index is 0.0448. The summed E-state index contributed by atoms with van der Waals surface area (Å²) < 4.78 is 13.6. The van der Waals surface area contributed by atoms with Crippen LogP contribution in [0.5, 0.6) is 0 Å². The van der Waals surface area contributed by atoms with E-state index in [1.807, 2.05) is 13.8 Å². The highest BCUT2D eigenvalue weighted by Crippen LogP contribution is 2.30. The van der Waals surface area contributed by atoms with Crippen LogP contribution in [0.3, 0.4) is 0 Å². The number of para-hydroxylation sites is 1. The van der Waals surface area contributed by atoms with E-state index in [2.05, 4.69) is 4.98 Å². The number of benzene rings is 1. The maximum atomic E-state index is 13.6. The number of allylic oxidation sites excluding steroid dienone is 1. The fraction of sp³-hybridized carbons (Fsp3) is 0.214. The molecule has 0 aliphatic carbocycles. The molecule has 1 heterocycles. The molecule has 0 saturated carbocycles. The van der Waals surface area contributed by atoms with E-state index in [4.69, 9.17) is 5.11 Å². The van der Waals surface area contributed by atoms with Gasteiger partial charge in [0.15, 0.2) is 0 Å². The van der Waals surface area contributed by atoms with Gasteiger partial charge < -0.3 is 10.1 Å². The van der Waals surface area contributed by atoms with E-state index in [9.17, 15) is 9.18 Å². The summed E-state index contributed by atoms with van der Waals surface area (Å²) in [7, 11) is 0. The number of nitrogens with one attached hydrogen (secondary N) is 1. The number of halogens is 1. The van der Waals surface area contributed by atoms with E-state index in [1.54, 1.807) is 18.3 Å². The van der Waals surface area contributed by atoms with Gasteiger partial charge >= 0.3 is 5.97 Å². The average molecular weight is 247 g/mol. The third kappa shape index (κ3) is 2.14. The predicted octanol–water partition coefficient (Wildman–Crippen LogP) is 3.43. The van der Waals surface area contributed by atoms with Crippen LogP contribution in [0.25, 0.3) is 16.5 Å². The van der Waals surface area contributed by atoms with E-state index in [1.165, 1.54) is 12.1 Å². The zero-order valence-corrected chi connectivity index (χ0v) is 10.2. The lowest BCUT2D eigenvalue weighted by Gasteiger charge is -2.09. The third-order valence-corrected chi connectivity index (χ3v) is 2.88. The molecule has 3 nitrogen and oxygen atoms in total. The number of fused-ring (bicyclic) bond motifs is 1. The fourth-order valence-electron chi connectivity index (χ4n) is 2.04. The molecule has 94 valence electrons. The van der Waals surface area contributed by atoms with Crippen molar-refractivity contribution in [2.45, 2.75) is 13.8 Å². The van der Waals surface area contributed by atoms with Crippen molar-refractivity contribution in [2.24, 2.45) is 5.92 Å². The number of hydrogen-bond donors (Lipinski definition) is 2. The number of hydrogen-bond acceptors (Lipinski definition) is 1. The molecule has 0 bridgehead atoms. The summed E-state index contributed by atoms with van der Waals surface area (Å²) in [6.45, 7) is 3.82. The van der Waals surface area contributed by atoms with Crippen molar-refractivity contribution >= 4 is 22.4 Å². The lowest BCUT2D eigenvalue weighted by molar-refractivity contribution is -0.131. The molecule has 2 rings (SSSR count). The maximum Gasteiger partial charge on any atom is 0.328 e. The van der Waals surface area contributed by atoms with E-state index in [-0.39, 0.29) is 11.7 Å². The van der Waals surface area contributed by atoms with Gasteiger partial charge in [-0.05, 0) is 17.6 Å². The lowest BCUT2D eigenvalue weighted by Crippen LogP contribution is -1.98. The van der Waals surface area contributed by atoms with E-state index in [0.29, 0.717) is 16.5 Å². The van der Waals surface area contributed by atoms with Crippen LogP contribution in [0.4, 0.5) is 4.39 Å². The molecule has 0 fully saturated rings. The number of aliphatic carboxylic acids is 1. The van der Waals surface area contributed by atoms with E-state index < -0.39 is 5.97 Å². The molecule has 2 aromatic rings. The number of H-pyrrole nitrogens is 1. The Morgan fingerprint density at radius 3 is 2.78 bits per heavy atom. The van der Waals surface area contributed by atoms with Crippen LogP contribution in [0.2, 0.25) is 0 Å². The van der Waals surface area contributed by atoms with Crippen molar-refractivity contribution in [3.05, 3.63) is 41.9 Å². The van der Waals surface area contributed by atoms with Crippen LogP contribution in [0.1, 0.15) is 19.4 Å². The van der Waals surface area contributed by atoms with Gasteiger partial charge in [0.2, 0.25) is 0 Å². The predicted molar refractivity (Wildman–Crippen MR) is 68.7 cm³/mol. The summed E-state index contributed by atoms with van der Waals surface area (Å²) in [5.41, 5.74) is 1.82. The summed E-state index contributed by atoms with van der Waals surface area (Å²) in [4.78, 5) is 13.7. The monoisotopic (exact) mass is 247 g/mol. The minimum atomic E-state index is -0.996. The number of aromatic nitrogens is 1. The molecule has 0 amide bonds. The van der Waals surface area contributed by atoms with Gasteiger partial charge in [0.1, 0.15) is 5.82 Å². The van der Waals surface area contributed by atoms with Crippen LogP contribution < -0.4 is 0 Å². The van der Waals surface area contributed by atoms with Crippen molar-refractivity contribution in [3.63, 3.8) is 0 Å². The molecular weight excluding hydrogens is 233 g/mol. The standard InChI is InChI=1S/C14H14FNO2/c1-8(2)10(6-13(17)18)11-7-16-14-9(11)4-3-5-12(14)15/h3-8,16H,1-2H3,(H,17,18)/b10-6-.